The van der Waals surface area contributed by atoms with Crippen molar-refractivity contribution in [2.75, 3.05) is 24.5 Å². The third-order valence-corrected chi connectivity index (χ3v) is 6.78. The first-order chi connectivity index (χ1) is 13.9. The molecule has 5 rings (SSSR count). The second-order valence-electron chi connectivity index (χ2n) is 9.20. The summed E-state index contributed by atoms with van der Waals surface area (Å²) in [6.45, 7) is 9.33. The maximum Gasteiger partial charge on any atom is 0.257 e. The largest absolute Gasteiger partial charge is 0.368 e. The fourth-order valence-electron chi connectivity index (χ4n) is 4.61. The molecule has 1 saturated heterocycles. The van der Waals surface area contributed by atoms with Crippen LogP contribution in [0.4, 0.5) is 11.4 Å². The van der Waals surface area contributed by atoms with Crippen molar-refractivity contribution < 1.29 is 4.79 Å². The highest BCUT2D eigenvalue weighted by molar-refractivity contribution is 6.14. The monoisotopic (exact) mass is 388 g/mol. The number of rotatable bonds is 1. The van der Waals surface area contributed by atoms with Crippen LogP contribution < -0.4 is 15.5 Å². The number of nitrogens with one attached hydrogen (secondary N) is 2. The Hall–Kier alpha value is -2.66. The van der Waals surface area contributed by atoms with Crippen LogP contribution in [0.3, 0.4) is 0 Å². The van der Waals surface area contributed by atoms with Crippen molar-refractivity contribution in [3.63, 3.8) is 0 Å². The summed E-state index contributed by atoms with van der Waals surface area (Å²) in [5.74, 6) is -0.0965. The molecule has 1 amide bonds. The van der Waals surface area contributed by atoms with Gasteiger partial charge in [0.25, 0.3) is 5.91 Å². The minimum atomic E-state index is -0.368. The number of aliphatic imine (C=N–C) groups is 1. The first-order valence-electron chi connectivity index (χ1n) is 10.5. The summed E-state index contributed by atoms with van der Waals surface area (Å²) in [4.78, 5) is 20.1. The Morgan fingerprint density at radius 2 is 2.03 bits per heavy atom. The molecule has 1 spiro atoms. The molecule has 1 saturated carbocycles. The van der Waals surface area contributed by atoms with E-state index in [2.05, 4.69) is 47.6 Å². The van der Waals surface area contributed by atoms with E-state index in [0.29, 0.717) is 11.1 Å². The number of nitrogens with zero attached hydrogens (tertiary/aromatic N) is 2. The van der Waals surface area contributed by atoms with Crippen molar-refractivity contribution in [3.05, 3.63) is 58.8 Å². The van der Waals surface area contributed by atoms with E-state index in [1.807, 2.05) is 25.2 Å². The fourth-order valence-corrected chi connectivity index (χ4v) is 4.61. The molecule has 3 heterocycles. The average molecular weight is 389 g/mol. The zero-order valence-corrected chi connectivity index (χ0v) is 17.4. The minimum absolute atomic E-state index is 0.0965. The highest BCUT2D eigenvalue weighted by Gasteiger charge is 2.45. The molecule has 5 nitrogen and oxygen atoms in total. The van der Waals surface area contributed by atoms with Crippen LogP contribution in [0.5, 0.6) is 0 Å². The van der Waals surface area contributed by atoms with Gasteiger partial charge in [0.05, 0.1) is 11.3 Å². The number of carbonyl (C=O) groups is 1. The molecule has 29 heavy (non-hydrogen) atoms. The first-order valence-corrected chi connectivity index (χ1v) is 10.5. The molecular weight excluding hydrogens is 360 g/mol. The predicted molar refractivity (Wildman–Crippen MR) is 118 cm³/mol. The topological polar surface area (TPSA) is 56.7 Å². The quantitative estimate of drug-likeness (QED) is 0.774. The number of allylic oxidation sites excluding steroid dienone is 5. The third-order valence-electron chi connectivity index (χ3n) is 6.78. The van der Waals surface area contributed by atoms with Gasteiger partial charge in [-0.2, -0.15) is 0 Å². The van der Waals surface area contributed by atoms with E-state index >= 15 is 0 Å². The van der Waals surface area contributed by atoms with Crippen molar-refractivity contribution in [2.24, 2.45) is 4.99 Å². The van der Waals surface area contributed by atoms with Crippen LogP contribution in [-0.4, -0.2) is 37.3 Å². The SMILES string of the molecule is CC1=C2C=Nc3cc(N4CCNC5(CC5)C4)ccc3C(C)(C)C(=C/C=C\1)NC2=O. The molecule has 0 radical (unpaired) electrons. The molecule has 2 N–H and O–H groups in total. The number of fused-ring (bicyclic) bond motifs is 4. The lowest BCUT2D eigenvalue weighted by Crippen LogP contribution is -2.52. The fraction of sp³-hybridized carbons (Fsp3) is 0.417. The summed E-state index contributed by atoms with van der Waals surface area (Å²) < 4.78 is 0. The number of piperazine rings is 1. The molecule has 0 unspecified atom stereocenters. The van der Waals surface area contributed by atoms with Gasteiger partial charge in [-0.3, -0.25) is 9.79 Å². The summed E-state index contributed by atoms with van der Waals surface area (Å²) in [5.41, 5.74) is 5.64. The second-order valence-corrected chi connectivity index (χ2v) is 9.20. The molecule has 2 fully saturated rings. The molecular formula is C24H28N4O. The first kappa shape index (κ1) is 18.4. The van der Waals surface area contributed by atoms with Gasteiger partial charge in [0.2, 0.25) is 0 Å². The Kier molecular flexibility index (Phi) is 4.07. The van der Waals surface area contributed by atoms with Gasteiger partial charge in [0, 0.05) is 48.2 Å². The summed E-state index contributed by atoms with van der Waals surface area (Å²) in [5, 5.41) is 6.80. The number of hydrogen-bond acceptors (Lipinski definition) is 4. The van der Waals surface area contributed by atoms with E-state index in [1.54, 1.807) is 6.21 Å². The maximum absolute atomic E-state index is 12.8. The van der Waals surface area contributed by atoms with Gasteiger partial charge in [-0.05, 0) is 49.1 Å². The lowest BCUT2D eigenvalue weighted by atomic mass is 9.79. The van der Waals surface area contributed by atoms with Crippen molar-refractivity contribution in [1.29, 1.82) is 0 Å². The smallest absolute Gasteiger partial charge is 0.257 e. The lowest BCUT2D eigenvalue weighted by molar-refractivity contribution is -0.116. The Balaban J connectivity index is 1.62. The normalized spacial score (nSPS) is 25.3. The number of amides is 1. The highest BCUT2D eigenvalue weighted by atomic mass is 16.1. The molecule has 1 aromatic rings. The number of carbonyl (C=O) groups excluding carboxylic acids is 1. The minimum Gasteiger partial charge on any atom is -0.368 e. The summed E-state index contributed by atoms with van der Waals surface area (Å²) in [7, 11) is 0. The molecule has 1 aliphatic carbocycles. The molecule has 0 atom stereocenters. The second kappa shape index (κ2) is 6.42. The van der Waals surface area contributed by atoms with Gasteiger partial charge in [-0.25, -0.2) is 0 Å². The van der Waals surface area contributed by atoms with Crippen LogP contribution in [0.2, 0.25) is 0 Å². The standard InChI is InChI=1S/C24H28N4O/c1-16-5-4-6-21-23(2,3)19-8-7-17(28-12-11-26-24(15-28)9-10-24)13-20(19)25-14-18(16)22(29)27-21/h4-8,13-14,26H,9-12,15H2,1-3H3,(H,27,29). The molecule has 2 bridgehead atoms. The van der Waals surface area contributed by atoms with E-state index < -0.39 is 0 Å². The lowest BCUT2D eigenvalue weighted by Gasteiger charge is -2.36. The molecule has 0 aromatic heterocycles. The molecule has 5 heteroatoms. The number of benzene rings is 1. The van der Waals surface area contributed by atoms with Crippen LogP contribution in [-0.2, 0) is 10.2 Å². The van der Waals surface area contributed by atoms with Crippen molar-refractivity contribution in [1.82, 2.24) is 10.6 Å². The van der Waals surface area contributed by atoms with Crippen LogP contribution in [0.15, 0.2) is 58.3 Å². The summed E-state index contributed by atoms with van der Waals surface area (Å²) in [6.07, 6.45) is 10.3. The zero-order valence-electron chi connectivity index (χ0n) is 17.4. The van der Waals surface area contributed by atoms with Gasteiger partial charge in [-0.15, -0.1) is 0 Å². The summed E-state index contributed by atoms with van der Waals surface area (Å²) >= 11 is 0. The summed E-state index contributed by atoms with van der Waals surface area (Å²) in [6, 6.07) is 6.60. The van der Waals surface area contributed by atoms with Gasteiger partial charge in [0.1, 0.15) is 0 Å². The van der Waals surface area contributed by atoms with Crippen molar-refractivity contribution >= 4 is 23.5 Å². The van der Waals surface area contributed by atoms with Crippen LogP contribution in [0, 0.1) is 0 Å². The van der Waals surface area contributed by atoms with Crippen LogP contribution in [0.25, 0.3) is 0 Å². The third kappa shape index (κ3) is 3.14. The van der Waals surface area contributed by atoms with E-state index in [1.165, 1.54) is 18.5 Å². The van der Waals surface area contributed by atoms with Crippen molar-refractivity contribution in [2.45, 2.75) is 44.6 Å². The Morgan fingerprint density at radius 1 is 1.21 bits per heavy atom. The average Bonchev–Trinajstić information content (AvgIpc) is 3.43. The van der Waals surface area contributed by atoms with Crippen molar-refractivity contribution in [3.8, 4) is 0 Å². The van der Waals surface area contributed by atoms with Gasteiger partial charge >= 0.3 is 0 Å². The highest BCUT2D eigenvalue weighted by Crippen LogP contribution is 2.42. The number of anilines is 1. The Morgan fingerprint density at radius 3 is 2.83 bits per heavy atom. The van der Waals surface area contributed by atoms with E-state index in [0.717, 1.165) is 42.2 Å². The molecule has 4 aliphatic rings. The Bertz CT molecular complexity index is 1010. The van der Waals surface area contributed by atoms with Gasteiger partial charge in [-0.1, -0.05) is 32.1 Å². The zero-order chi connectivity index (χ0) is 20.2. The van der Waals surface area contributed by atoms with Gasteiger partial charge < -0.3 is 15.5 Å². The molecule has 3 aliphatic heterocycles. The molecule has 1 aromatic carbocycles. The Labute approximate surface area is 172 Å². The molecule has 150 valence electrons. The van der Waals surface area contributed by atoms with Crippen LogP contribution >= 0.6 is 0 Å². The maximum atomic E-state index is 12.8. The van der Waals surface area contributed by atoms with E-state index in [-0.39, 0.29) is 11.3 Å². The van der Waals surface area contributed by atoms with E-state index in [4.69, 9.17) is 4.99 Å². The predicted octanol–water partition coefficient (Wildman–Crippen LogP) is 3.51. The number of hydrogen-bond donors (Lipinski definition) is 2. The van der Waals surface area contributed by atoms with Crippen LogP contribution in [0.1, 0.15) is 39.2 Å². The van der Waals surface area contributed by atoms with E-state index in [9.17, 15) is 4.79 Å². The van der Waals surface area contributed by atoms with Gasteiger partial charge in [0.15, 0.2) is 0 Å².